The van der Waals surface area contributed by atoms with Crippen LogP contribution in [0.15, 0.2) is 0 Å². The monoisotopic (exact) mass is 1930 g/mol. The van der Waals surface area contributed by atoms with E-state index in [9.17, 15) is 177 Å². The van der Waals surface area contributed by atoms with E-state index in [1.165, 1.54) is 0 Å². The van der Waals surface area contributed by atoms with Gasteiger partial charge in [0.15, 0.2) is 56.6 Å². The normalized spacial score (nSPS) is 47.2. The Morgan fingerprint density at radius 3 is 1.01 bits per heavy atom. The van der Waals surface area contributed by atoms with Crippen LogP contribution in [0.4, 0.5) is 0 Å². The number of rotatable bonds is 36. The molecular formula is C73H121N5O54. The number of hydrogen-bond donors (Lipinski definition) is 34. The van der Waals surface area contributed by atoms with Crippen molar-refractivity contribution < 1.29 is 267 Å². The van der Waals surface area contributed by atoms with Gasteiger partial charge < -0.3 is 265 Å². The van der Waals surface area contributed by atoms with Crippen molar-refractivity contribution in [3.8, 4) is 0 Å². The van der Waals surface area contributed by atoms with Gasteiger partial charge in [-0.25, -0.2) is 4.79 Å². The summed E-state index contributed by atoms with van der Waals surface area (Å²) in [4.78, 5) is 76.7. The molecule has 10 rings (SSSR count). The molecule has 0 unspecified atom stereocenters. The second kappa shape index (κ2) is 47.3. The molecule has 0 aromatic heterocycles. The zero-order chi connectivity index (χ0) is 97.6. The first kappa shape index (κ1) is 109. The van der Waals surface area contributed by atoms with Gasteiger partial charge in [-0.1, -0.05) is 0 Å². The molecule has 10 heterocycles. The van der Waals surface area contributed by atoms with Crippen molar-refractivity contribution >= 4 is 35.5 Å². The Kier molecular flexibility index (Phi) is 39.0. The van der Waals surface area contributed by atoms with E-state index >= 15 is 0 Å². The van der Waals surface area contributed by atoms with Crippen LogP contribution in [0.5, 0.6) is 0 Å². The van der Waals surface area contributed by atoms with Crippen LogP contribution >= 0.6 is 0 Å². The average molecular weight is 1930 g/mol. The smallest absolute Gasteiger partial charge is 0.364 e. The third kappa shape index (κ3) is 24.1. The number of carbonyl (C=O) groups is 6. The summed E-state index contributed by atoms with van der Waals surface area (Å²) in [6.07, 6.45) is -99.2. The summed E-state index contributed by atoms with van der Waals surface area (Å²) in [5, 5.41) is 336. The summed E-state index contributed by atoms with van der Waals surface area (Å²) < 4.78 is 113. The van der Waals surface area contributed by atoms with E-state index in [2.05, 4.69) is 26.6 Å². The maximum absolute atomic E-state index is 13.2. The highest BCUT2D eigenvalue weighted by Crippen LogP contribution is 2.42. The molecule has 0 radical (unpaired) electrons. The molecular weight excluding hydrogens is 1810 g/mol. The Morgan fingerprint density at radius 1 is 0.311 bits per heavy atom. The molecule has 5 amide bonds. The molecule has 0 aliphatic carbocycles. The quantitative estimate of drug-likeness (QED) is 0.0277. The van der Waals surface area contributed by atoms with Gasteiger partial charge in [0, 0.05) is 41.0 Å². The zero-order valence-corrected chi connectivity index (χ0v) is 70.8. The lowest BCUT2D eigenvalue weighted by molar-refractivity contribution is -0.399. The molecule has 0 aromatic rings. The van der Waals surface area contributed by atoms with Crippen molar-refractivity contribution in [2.45, 2.75) is 353 Å². The largest absolute Gasteiger partial charge is 0.477 e. The van der Waals surface area contributed by atoms with Crippen LogP contribution in [0.25, 0.3) is 0 Å². The first-order valence-electron chi connectivity index (χ1n) is 41.8. The third-order valence-corrected chi connectivity index (χ3v) is 23.8. The highest BCUT2D eigenvalue weighted by atomic mass is 16.8. The molecule has 0 aromatic carbocycles. The van der Waals surface area contributed by atoms with Crippen LogP contribution in [0.3, 0.4) is 0 Å². The fourth-order valence-electron chi connectivity index (χ4n) is 16.9. The standard InChI is InChI=1S/C73H121N5O54/c1-17(87)74-33-22(92)6-73(72(112)113,132-59(33)38(94)23(93)7-79)115-16-32-42(98)49(105)53(109)68(124-32)127-57-29(13-85)121-65(36(46(57)102)77-20(4)90)130-61-50(106)40(96)25(9-81)118-70(61)114-15-31-43(99)60(54(110)69(123-31)128-58-30(14-86)120-64(35(45(58)101)76-19(3)89)125-55-27(11-83)116-63(111)34(44(55)100)75-18(2)88)129-71-62(51(107)41(97)26(10-82)119-71)131-66-37(78-21(5)91)47(103)56(28(12-84)122-66)126-67-52(108)48(104)39(95)24(8-80)117-67/h22-71,79-86,92-111H,6-16H2,1-5H3,(H,74,87)(H,75,88)(H,76,89)(H,77,90)(H,78,91)(H,112,113)/t22-,23+,24+,25+,26+,27+,28+,29+,30+,31+,32+,33+,34+,35+,36+,37+,38+,39-,40+,41+,42-,43+,44+,45+,46+,47+,48-,49-,50-,51-,52+,53+,54-,55+,56+,57+,58+,59+,60-,61-,62-,63+,64-,65+,66+,67-,68-,69-,70-,71+,73+/m0/s1. The first-order chi connectivity index (χ1) is 62.3. The van der Waals surface area contributed by atoms with E-state index < -0.39 is 420 Å². The Morgan fingerprint density at radius 2 is 0.614 bits per heavy atom. The maximum atomic E-state index is 13.2. The fraction of sp³-hybridized carbons (Fsp3) is 0.918. The number of amides is 5. The minimum atomic E-state index is -3.10. The first-order valence-corrected chi connectivity index (χ1v) is 41.8. The molecule has 132 heavy (non-hydrogen) atoms. The van der Waals surface area contributed by atoms with Crippen LogP contribution in [-0.2, 0) is 119 Å². The van der Waals surface area contributed by atoms with Crippen LogP contribution in [-0.4, -0.2) is 562 Å². The summed E-state index contributed by atoms with van der Waals surface area (Å²) in [5.41, 5.74) is 0. The molecule has 10 saturated heterocycles. The van der Waals surface area contributed by atoms with Gasteiger partial charge >= 0.3 is 5.97 Å². The highest BCUT2D eigenvalue weighted by molar-refractivity contribution is 5.77. The second-order valence-electron chi connectivity index (χ2n) is 33.2. The Bertz CT molecular complexity index is 3680. The lowest BCUT2D eigenvalue weighted by Gasteiger charge is -2.51. The Labute approximate surface area is 746 Å². The summed E-state index contributed by atoms with van der Waals surface area (Å²) in [7, 11) is 0. The molecule has 0 spiro atoms. The Balaban J connectivity index is 0.953. The van der Waals surface area contributed by atoms with Crippen LogP contribution < -0.4 is 26.6 Å². The second-order valence-corrected chi connectivity index (χ2v) is 33.2. The number of hydrogen-bond acceptors (Lipinski definition) is 53. The fourth-order valence-corrected chi connectivity index (χ4v) is 16.9. The SMILES string of the molecule is CC(=O)N[C@@H]1[C@@H](O)[C@H](O[C@@H]2O[C@H](CO)[C@@H](O[C@@H]3O[C@H](CO[C@H]4O[C@H](CO)[C@@H](O)[C@H](O)[C@@H]4O[C@H]4O[C@H](CO)[C@@H](O[C@@H]5O[C@H](CO[C@]6(C(=O)O)C[C@H](O)[C@@H](NC(C)=O)[C@H]([C@H](O)[C@H](O)CO)O6)[C@H](O)[C@H](O)[C@H]5O)[C@H](O)[C@H]4NC(C)=O)[C@@H](O)[C@H](O[C@H]4O[C@H](CO)[C@@H](O)[C@H](O)[C@@H]4O[C@H]4O[C@H](CO)[C@@H](O[C@@H]5O[C@H](CO)[C@H](O)[C@H](O)[C@H]5O)[C@H](O)[C@H]4NC(C)=O)[C@@H]3O)[C@H](O)[C@H]2NC(C)=O)[C@@H](CO)O[C@H]1O. The lowest BCUT2D eigenvalue weighted by Crippen LogP contribution is -2.71. The van der Waals surface area contributed by atoms with Gasteiger partial charge in [-0.2, -0.15) is 0 Å². The van der Waals surface area contributed by atoms with Gasteiger partial charge in [-0.15, -0.1) is 0 Å². The minimum absolute atomic E-state index is 0.814. The molecule has 59 heteroatoms. The highest BCUT2D eigenvalue weighted by Gasteiger charge is 2.63. The van der Waals surface area contributed by atoms with Gasteiger partial charge in [-0.3, -0.25) is 24.0 Å². The third-order valence-electron chi connectivity index (χ3n) is 23.8. The van der Waals surface area contributed by atoms with E-state index in [0.717, 1.165) is 34.6 Å². The summed E-state index contributed by atoms with van der Waals surface area (Å²) in [5.74, 6) is -9.82. The van der Waals surface area contributed by atoms with E-state index in [1.807, 2.05) is 0 Å². The van der Waals surface area contributed by atoms with E-state index in [4.69, 9.17) is 90.0 Å². The van der Waals surface area contributed by atoms with Crippen LogP contribution in [0, 0.1) is 0 Å². The van der Waals surface area contributed by atoms with Crippen molar-refractivity contribution in [2.75, 3.05) is 66.1 Å². The van der Waals surface area contributed by atoms with Crippen molar-refractivity contribution in [3.63, 3.8) is 0 Å². The number of carboxylic acids is 1. The number of aliphatic hydroxyl groups excluding tert-OH is 28. The Hall–Kier alpha value is -5.06. The molecule has 0 saturated carbocycles. The summed E-state index contributed by atoms with van der Waals surface area (Å²) >= 11 is 0. The molecule has 10 aliphatic heterocycles. The number of carboxylic acid groups (broad SMARTS) is 1. The molecule has 51 atom stereocenters. The molecule has 0 bridgehead atoms. The van der Waals surface area contributed by atoms with E-state index in [-0.39, 0.29) is 0 Å². The average Bonchev–Trinajstić information content (AvgIpc) is 0.766. The van der Waals surface area contributed by atoms with E-state index in [0.29, 0.717) is 0 Å². The molecule has 762 valence electrons. The summed E-state index contributed by atoms with van der Waals surface area (Å²) in [6.45, 7) is -7.14. The van der Waals surface area contributed by atoms with Gasteiger partial charge in [0.05, 0.1) is 78.2 Å². The van der Waals surface area contributed by atoms with Crippen LogP contribution in [0.1, 0.15) is 41.0 Å². The van der Waals surface area contributed by atoms with Crippen LogP contribution in [0.2, 0.25) is 0 Å². The molecule has 59 nitrogen and oxygen atoms in total. The van der Waals surface area contributed by atoms with E-state index in [1.54, 1.807) is 0 Å². The predicted octanol–water partition coefficient (Wildman–Crippen LogP) is -22.9. The predicted molar refractivity (Wildman–Crippen MR) is 405 cm³/mol. The number of aliphatic carboxylic acids is 1. The maximum Gasteiger partial charge on any atom is 0.364 e. The van der Waals surface area contributed by atoms with Crippen molar-refractivity contribution in [3.05, 3.63) is 0 Å². The number of aliphatic hydroxyl groups is 28. The zero-order valence-electron chi connectivity index (χ0n) is 70.8. The topological polar surface area (TPSA) is 925 Å². The molecule has 10 fully saturated rings. The summed E-state index contributed by atoms with van der Waals surface area (Å²) in [6, 6.07) is -9.42. The molecule has 10 aliphatic rings. The number of carbonyl (C=O) groups excluding carboxylic acids is 5. The van der Waals surface area contributed by atoms with Gasteiger partial charge in [0.2, 0.25) is 29.5 Å². The lowest BCUT2D eigenvalue weighted by atomic mass is 9.88. The van der Waals surface area contributed by atoms with Gasteiger partial charge in [0.25, 0.3) is 5.79 Å². The van der Waals surface area contributed by atoms with Crippen molar-refractivity contribution in [1.82, 2.24) is 26.6 Å². The number of ether oxygens (including phenoxy) is 19. The van der Waals surface area contributed by atoms with Gasteiger partial charge in [-0.05, 0) is 0 Å². The van der Waals surface area contributed by atoms with Gasteiger partial charge in [0.1, 0.15) is 238 Å². The van der Waals surface area contributed by atoms with Crippen molar-refractivity contribution in [1.29, 1.82) is 0 Å². The minimum Gasteiger partial charge on any atom is -0.477 e. The molecule has 34 N–H and O–H groups in total. The number of nitrogens with one attached hydrogen (secondary N) is 5. The van der Waals surface area contributed by atoms with Crippen molar-refractivity contribution in [2.24, 2.45) is 0 Å².